The Labute approximate surface area is 107 Å². The zero-order chi connectivity index (χ0) is 13.1. The van der Waals surface area contributed by atoms with Gasteiger partial charge < -0.3 is 5.32 Å². The largest absolute Gasteiger partial charge is 0.313 e. The third-order valence-electron chi connectivity index (χ3n) is 2.18. The van der Waals surface area contributed by atoms with E-state index in [0.29, 0.717) is 10.9 Å². The van der Waals surface area contributed by atoms with Gasteiger partial charge >= 0.3 is 0 Å². The van der Waals surface area contributed by atoms with Crippen LogP contribution in [0.2, 0.25) is 0 Å². The van der Waals surface area contributed by atoms with Gasteiger partial charge in [-0.15, -0.1) is 0 Å². The number of nitrogens with one attached hydrogen (secondary N) is 2. The average molecular weight is 259 g/mol. The van der Waals surface area contributed by atoms with E-state index in [1.165, 1.54) is 0 Å². The van der Waals surface area contributed by atoms with Gasteiger partial charge in [0.05, 0.1) is 0 Å². The number of aromatic amines is 1. The lowest BCUT2D eigenvalue weighted by Crippen LogP contribution is -2.04. The molecular formula is C11H9N5OS. The Bertz CT molecular complexity index is 677. The molecule has 2 rings (SSSR count). The summed E-state index contributed by atoms with van der Waals surface area (Å²) in [5.74, 6) is 0.326. The van der Waals surface area contributed by atoms with Crippen molar-refractivity contribution in [2.24, 2.45) is 0 Å². The van der Waals surface area contributed by atoms with Gasteiger partial charge in [-0.2, -0.15) is 5.26 Å². The molecule has 0 amide bonds. The summed E-state index contributed by atoms with van der Waals surface area (Å²) in [6, 6.07) is 1.83. The van der Waals surface area contributed by atoms with Gasteiger partial charge in [0.1, 0.15) is 11.1 Å². The van der Waals surface area contributed by atoms with Gasteiger partial charge in [-0.1, -0.05) is 6.58 Å². The maximum atomic E-state index is 11.2. The second kappa shape index (κ2) is 4.81. The number of nitrogens with zero attached hydrogens (tertiary/aromatic N) is 3. The number of rotatable bonds is 3. The molecule has 0 fully saturated rings. The molecule has 0 saturated heterocycles. The zero-order valence-electron chi connectivity index (χ0n) is 9.52. The number of H-pyrrole nitrogens is 1. The fraction of sp³-hybridized carbons (Fsp3) is 0.0909. The first kappa shape index (κ1) is 12.0. The molecule has 0 unspecified atom stereocenters. The molecular weight excluding hydrogens is 250 g/mol. The molecule has 0 radical (unpaired) electrons. The monoisotopic (exact) mass is 259 g/mol. The molecule has 2 aromatic heterocycles. The Morgan fingerprint density at radius 3 is 2.78 bits per heavy atom. The topological polar surface area (TPSA) is 94.5 Å². The van der Waals surface area contributed by atoms with Crippen molar-refractivity contribution >= 4 is 28.1 Å². The Balaban J connectivity index is 2.27. The molecule has 2 N–H and O–H groups in total. The van der Waals surface area contributed by atoms with Gasteiger partial charge in [0.15, 0.2) is 5.56 Å². The van der Waals surface area contributed by atoms with Gasteiger partial charge in [0, 0.05) is 18.0 Å². The third-order valence-corrected chi connectivity index (χ3v) is 2.98. The number of hydrogen-bond donors (Lipinski definition) is 2. The molecule has 18 heavy (non-hydrogen) atoms. The third kappa shape index (κ3) is 2.28. The normalized spacial score (nSPS) is 9.78. The van der Waals surface area contributed by atoms with E-state index in [0.717, 1.165) is 22.7 Å². The summed E-state index contributed by atoms with van der Waals surface area (Å²) in [5.41, 5.74) is 1.32. The van der Waals surface area contributed by atoms with Gasteiger partial charge in [0.2, 0.25) is 5.95 Å². The number of anilines is 2. The predicted molar refractivity (Wildman–Crippen MR) is 69.7 cm³/mol. The van der Waals surface area contributed by atoms with Crippen molar-refractivity contribution in [3.05, 3.63) is 40.5 Å². The Hall–Kier alpha value is -2.46. The Morgan fingerprint density at radius 2 is 2.22 bits per heavy atom. The summed E-state index contributed by atoms with van der Waals surface area (Å²) >= 11 is 1.04. The van der Waals surface area contributed by atoms with E-state index in [4.69, 9.17) is 5.26 Å². The molecule has 90 valence electrons. The van der Waals surface area contributed by atoms with Crippen molar-refractivity contribution in [2.45, 2.75) is 6.92 Å². The molecule has 0 aliphatic rings. The standard InChI is InChI=1S/C11H9N5OS/c1-6(2)7-4-13-11(14-5-7)15-10-8(3-12)9(17)16-18-10/h4-5H,1H2,2H3,(H,16,17)(H,13,14,15). The van der Waals surface area contributed by atoms with Gasteiger partial charge in [0.25, 0.3) is 5.56 Å². The second-order valence-electron chi connectivity index (χ2n) is 3.55. The van der Waals surface area contributed by atoms with Gasteiger partial charge in [-0.25, -0.2) is 9.97 Å². The van der Waals surface area contributed by atoms with Crippen LogP contribution in [-0.4, -0.2) is 14.3 Å². The molecule has 6 nitrogen and oxygen atoms in total. The Morgan fingerprint density at radius 1 is 1.56 bits per heavy atom. The van der Waals surface area contributed by atoms with E-state index in [1.54, 1.807) is 12.4 Å². The minimum atomic E-state index is -0.413. The highest BCUT2D eigenvalue weighted by Gasteiger charge is 2.10. The fourth-order valence-corrected chi connectivity index (χ4v) is 1.89. The van der Waals surface area contributed by atoms with Crippen LogP contribution in [-0.2, 0) is 0 Å². The van der Waals surface area contributed by atoms with E-state index in [1.807, 2.05) is 13.0 Å². The van der Waals surface area contributed by atoms with Crippen molar-refractivity contribution in [3.8, 4) is 6.07 Å². The van der Waals surface area contributed by atoms with E-state index in [9.17, 15) is 4.79 Å². The average Bonchev–Trinajstić information content (AvgIpc) is 2.70. The van der Waals surface area contributed by atoms with Gasteiger partial charge in [-0.05, 0) is 24.0 Å². The van der Waals surface area contributed by atoms with Crippen molar-refractivity contribution in [3.63, 3.8) is 0 Å². The maximum Gasteiger partial charge on any atom is 0.278 e. The summed E-state index contributed by atoms with van der Waals surface area (Å²) in [7, 11) is 0. The zero-order valence-corrected chi connectivity index (χ0v) is 10.3. The van der Waals surface area contributed by atoms with Crippen LogP contribution < -0.4 is 10.9 Å². The molecule has 2 aromatic rings. The number of aromatic nitrogens is 3. The summed E-state index contributed by atoms with van der Waals surface area (Å²) in [6.07, 6.45) is 3.25. The molecule has 0 bridgehead atoms. The molecule has 0 spiro atoms. The van der Waals surface area contributed by atoms with E-state index >= 15 is 0 Å². The summed E-state index contributed by atoms with van der Waals surface area (Å²) in [5, 5.41) is 12.1. The van der Waals surface area contributed by atoms with E-state index in [-0.39, 0.29) is 5.56 Å². The predicted octanol–water partition coefficient (Wildman–Crippen LogP) is 1.87. The van der Waals surface area contributed by atoms with Crippen LogP contribution in [0, 0.1) is 11.3 Å². The van der Waals surface area contributed by atoms with Crippen molar-refractivity contribution in [1.29, 1.82) is 5.26 Å². The van der Waals surface area contributed by atoms with Crippen molar-refractivity contribution in [1.82, 2.24) is 14.3 Å². The van der Waals surface area contributed by atoms with Crippen LogP contribution in [0.5, 0.6) is 0 Å². The minimum absolute atomic E-state index is 0.0348. The first-order valence-corrected chi connectivity index (χ1v) is 5.80. The SMILES string of the molecule is C=C(C)c1cnc(Nc2s[nH]c(=O)c2C#N)nc1. The van der Waals surface area contributed by atoms with Crippen molar-refractivity contribution in [2.75, 3.05) is 5.32 Å². The Kier molecular flexibility index (Phi) is 3.21. The van der Waals surface area contributed by atoms with Crippen LogP contribution in [0.15, 0.2) is 23.8 Å². The number of hydrogen-bond acceptors (Lipinski definition) is 6. The van der Waals surface area contributed by atoms with Crippen molar-refractivity contribution < 1.29 is 0 Å². The highest BCUT2D eigenvalue weighted by atomic mass is 32.1. The fourth-order valence-electron chi connectivity index (χ4n) is 1.21. The van der Waals surface area contributed by atoms with E-state index in [2.05, 4.69) is 26.2 Å². The molecule has 0 aromatic carbocycles. The molecule has 2 heterocycles. The first-order valence-electron chi connectivity index (χ1n) is 4.98. The summed E-state index contributed by atoms with van der Waals surface area (Å²) < 4.78 is 2.47. The summed E-state index contributed by atoms with van der Waals surface area (Å²) in [6.45, 7) is 5.64. The van der Waals surface area contributed by atoms with Crippen LogP contribution in [0.25, 0.3) is 5.57 Å². The smallest absolute Gasteiger partial charge is 0.278 e. The maximum absolute atomic E-state index is 11.2. The second-order valence-corrected chi connectivity index (χ2v) is 4.37. The molecule has 7 heteroatoms. The van der Waals surface area contributed by atoms with Crippen LogP contribution in [0.4, 0.5) is 10.9 Å². The van der Waals surface area contributed by atoms with Gasteiger partial charge in [-0.3, -0.25) is 9.17 Å². The lowest BCUT2D eigenvalue weighted by atomic mass is 10.2. The summed E-state index contributed by atoms with van der Waals surface area (Å²) in [4.78, 5) is 19.4. The highest BCUT2D eigenvalue weighted by molar-refractivity contribution is 7.10. The van der Waals surface area contributed by atoms with E-state index < -0.39 is 5.56 Å². The van der Waals surface area contributed by atoms with Crippen LogP contribution in [0.1, 0.15) is 18.1 Å². The lowest BCUT2D eigenvalue weighted by Gasteiger charge is -2.02. The lowest BCUT2D eigenvalue weighted by molar-refractivity contribution is 1.15. The quantitative estimate of drug-likeness (QED) is 0.877. The minimum Gasteiger partial charge on any atom is -0.313 e. The van der Waals surface area contributed by atoms with Crippen LogP contribution in [0.3, 0.4) is 0 Å². The number of nitriles is 1. The molecule has 0 aliphatic heterocycles. The molecule has 0 atom stereocenters. The van der Waals surface area contributed by atoms with Crippen LogP contribution >= 0.6 is 11.5 Å². The first-order chi connectivity index (χ1) is 8.61. The molecule has 0 aliphatic carbocycles. The molecule has 0 saturated carbocycles. The highest BCUT2D eigenvalue weighted by Crippen LogP contribution is 2.19. The number of allylic oxidation sites excluding steroid dienone is 1.